The molecule has 0 saturated carbocycles. The molecule has 37 heavy (non-hydrogen) atoms. The molecule has 0 spiro atoms. The van der Waals surface area contributed by atoms with E-state index in [1.54, 1.807) is 34.9 Å². The zero-order valence-electron chi connectivity index (χ0n) is 19.8. The number of rotatable bonds is 10. The van der Waals surface area contributed by atoms with E-state index in [0.29, 0.717) is 23.0 Å². The number of nitrogens with zero attached hydrogens (tertiary/aromatic N) is 3. The summed E-state index contributed by atoms with van der Waals surface area (Å²) in [6.07, 6.45) is 0.439. The molecule has 1 aromatic heterocycles. The van der Waals surface area contributed by atoms with Crippen molar-refractivity contribution in [1.82, 2.24) is 14.8 Å². The Morgan fingerprint density at radius 2 is 1.65 bits per heavy atom. The summed E-state index contributed by atoms with van der Waals surface area (Å²) in [6, 6.07) is 23.2. The van der Waals surface area contributed by atoms with Gasteiger partial charge in [-0.2, -0.15) is 0 Å². The van der Waals surface area contributed by atoms with Crippen LogP contribution in [-0.2, 0) is 20.4 Å². The third-order valence-corrected chi connectivity index (χ3v) is 8.36. The van der Waals surface area contributed by atoms with Gasteiger partial charge in [-0.1, -0.05) is 61.2 Å². The fourth-order valence-corrected chi connectivity index (χ4v) is 5.85. The summed E-state index contributed by atoms with van der Waals surface area (Å²) in [5.74, 6) is -1.57. The minimum absolute atomic E-state index is 0.0617. The highest BCUT2D eigenvalue weighted by Gasteiger charge is 2.26. The molecule has 1 unspecified atom stereocenters. The summed E-state index contributed by atoms with van der Waals surface area (Å²) in [5.41, 5.74) is 1.09. The van der Waals surface area contributed by atoms with Crippen LogP contribution in [0.3, 0.4) is 0 Å². The zero-order valence-corrected chi connectivity index (χ0v) is 21.4. The molecule has 3 aromatic carbocycles. The van der Waals surface area contributed by atoms with Gasteiger partial charge in [0.15, 0.2) is 20.8 Å². The van der Waals surface area contributed by atoms with Crippen LogP contribution in [0.25, 0.3) is 5.69 Å². The van der Waals surface area contributed by atoms with Crippen LogP contribution < -0.4 is 5.32 Å². The lowest BCUT2D eigenvalue weighted by Crippen LogP contribution is -2.25. The third-order valence-electron chi connectivity index (χ3n) is 5.42. The molecule has 0 fully saturated rings. The van der Waals surface area contributed by atoms with Crippen LogP contribution in [0.1, 0.15) is 29.5 Å². The number of benzene rings is 3. The highest BCUT2D eigenvalue weighted by atomic mass is 32.2. The van der Waals surface area contributed by atoms with Crippen molar-refractivity contribution in [1.29, 1.82) is 0 Å². The van der Waals surface area contributed by atoms with Gasteiger partial charge < -0.3 is 10.4 Å². The van der Waals surface area contributed by atoms with Crippen LogP contribution >= 0.6 is 11.8 Å². The fraction of sp³-hybridized carbons (Fsp3) is 0.154. The quantitative estimate of drug-likeness (QED) is 0.284. The van der Waals surface area contributed by atoms with E-state index in [1.165, 1.54) is 24.3 Å². The van der Waals surface area contributed by atoms with Crippen LogP contribution in [0.4, 0.5) is 5.69 Å². The number of carboxylic acids is 1. The number of thioether (sulfide) groups is 1. The van der Waals surface area contributed by atoms with Crippen molar-refractivity contribution in [2.24, 2.45) is 0 Å². The van der Waals surface area contributed by atoms with Crippen LogP contribution in [-0.4, -0.2) is 45.4 Å². The number of carbonyl (C=O) groups excluding carboxylic acids is 1. The first-order valence-corrected chi connectivity index (χ1v) is 13.9. The summed E-state index contributed by atoms with van der Waals surface area (Å²) in [7, 11) is -3.69. The van der Waals surface area contributed by atoms with Crippen molar-refractivity contribution >= 4 is 39.2 Å². The van der Waals surface area contributed by atoms with Crippen molar-refractivity contribution in [3.05, 3.63) is 96.3 Å². The first-order valence-electron chi connectivity index (χ1n) is 11.4. The molecule has 0 radical (unpaired) electrons. The Bertz CT molecular complexity index is 1510. The molecule has 2 N–H and O–H groups in total. The third kappa shape index (κ3) is 6.25. The lowest BCUT2D eigenvalue weighted by atomic mass is 10.2. The van der Waals surface area contributed by atoms with E-state index in [2.05, 4.69) is 15.5 Å². The average molecular weight is 537 g/mol. The van der Waals surface area contributed by atoms with Crippen molar-refractivity contribution in [3.63, 3.8) is 0 Å². The molecule has 0 aliphatic carbocycles. The Labute approximate surface area is 218 Å². The smallest absolute Gasteiger partial charge is 0.335 e. The highest BCUT2D eigenvalue weighted by molar-refractivity contribution is 8.00. The average Bonchev–Trinajstić information content (AvgIpc) is 3.29. The van der Waals surface area contributed by atoms with Gasteiger partial charge in [-0.05, 0) is 48.9 Å². The molecule has 1 heterocycles. The molecular formula is C26H24N4O5S2. The summed E-state index contributed by atoms with van der Waals surface area (Å²) in [4.78, 5) is 24.5. The molecular weight excluding hydrogens is 512 g/mol. The van der Waals surface area contributed by atoms with Crippen molar-refractivity contribution in [2.75, 3.05) is 5.32 Å². The van der Waals surface area contributed by atoms with Gasteiger partial charge in [-0.25, -0.2) is 13.2 Å². The second-order valence-corrected chi connectivity index (χ2v) is 11.2. The number of hydrogen-bond donors (Lipinski definition) is 2. The number of sulfone groups is 1. The maximum atomic E-state index is 13.1. The maximum absolute atomic E-state index is 13.1. The Kier molecular flexibility index (Phi) is 8.04. The molecule has 190 valence electrons. The molecule has 1 atom stereocenters. The Morgan fingerprint density at radius 1 is 0.973 bits per heavy atom. The number of carbonyl (C=O) groups is 2. The number of aromatic nitrogens is 3. The molecule has 0 saturated heterocycles. The van der Waals surface area contributed by atoms with E-state index < -0.39 is 21.1 Å². The molecule has 0 aliphatic heterocycles. The van der Waals surface area contributed by atoms with Crippen LogP contribution in [0, 0.1) is 0 Å². The van der Waals surface area contributed by atoms with E-state index in [0.717, 1.165) is 11.8 Å². The second-order valence-electron chi connectivity index (χ2n) is 8.03. The van der Waals surface area contributed by atoms with Gasteiger partial charge in [0.25, 0.3) is 0 Å². The molecule has 9 nitrogen and oxygen atoms in total. The SMILES string of the molecule is CCC(Sc1nnc(CS(=O)(=O)c2ccccc2)n1-c1ccccc1)C(=O)Nc1cccc(C(=O)O)c1. The molecule has 1 amide bonds. The lowest BCUT2D eigenvalue weighted by Gasteiger charge is -2.16. The van der Waals surface area contributed by atoms with Crippen molar-refractivity contribution < 1.29 is 23.1 Å². The van der Waals surface area contributed by atoms with Crippen LogP contribution in [0.15, 0.2) is 95.0 Å². The first kappa shape index (κ1) is 26.1. The Morgan fingerprint density at radius 3 is 2.30 bits per heavy atom. The number of hydrogen-bond acceptors (Lipinski definition) is 7. The van der Waals surface area contributed by atoms with Crippen molar-refractivity contribution in [2.45, 2.75) is 34.4 Å². The van der Waals surface area contributed by atoms with E-state index >= 15 is 0 Å². The van der Waals surface area contributed by atoms with Crippen molar-refractivity contribution in [3.8, 4) is 5.69 Å². The van der Waals surface area contributed by atoms with Gasteiger partial charge in [-0.15, -0.1) is 10.2 Å². The van der Waals surface area contributed by atoms with E-state index in [-0.39, 0.29) is 27.9 Å². The predicted octanol–water partition coefficient (Wildman–Crippen LogP) is 4.45. The number of anilines is 1. The maximum Gasteiger partial charge on any atom is 0.335 e. The number of carboxylic acid groups (broad SMARTS) is 1. The monoisotopic (exact) mass is 536 g/mol. The summed E-state index contributed by atoms with van der Waals surface area (Å²) >= 11 is 1.16. The van der Waals surface area contributed by atoms with Gasteiger partial charge >= 0.3 is 5.97 Å². The predicted molar refractivity (Wildman–Crippen MR) is 141 cm³/mol. The fourth-order valence-electron chi connectivity index (χ4n) is 3.59. The molecule has 4 aromatic rings. The number of amides is 1. The number of para-hydroxylation sites is 1. The van der Waals surface area contributed by atoms with E-state index in [9.17, 15) is 23.1 Å². The van der Waals surface area contributed by atoms with E-state index in [1.807, 2.05) is 37.3 Å². The summed E-state index contributed by atoms with van der Waals surface area (Å²) < 4.78 is 27.8. The van der Waals surface area contributed by atoms with E-state index in [4.69, 9.17) is 0 Å². The molecule has 4 rings (SSSR count). The zero-order chi connectivity index (χ0) is 26.4. The van der Waals surface area contributed by atoms with Gasteiger partial charge in [0.1, 0.15) is 5.75 Å². The summed E-state index contributed by atoms with van der Waals surface area (Å²) in [5, 5.41) is 20.2. The Hall–Kier alpha value is -3.96. The van der Waals surface area contributed by atoms with Gasteiger partial charge in [0.05, 0.1) is 15.7 Å². The first-order chi connectivity index (χ1) is 17.8. The highest BCUT2D eigenvalue weighted by Crippen LogP contribution is 2.29. The van der Waals surface area contributed by atoms with Gasteiger partial charge in [-0.3, -0.25) is 9.36 Å². The molecule has 11 heteroatoms. The van der Waals surface area contributed by atoms with Crippen LogP contribution in [0.2, 0.25) is 0 Å². The van der Waals surface area contributed by atoms with Gasteiger partial charge in [0, 0.05) is 11.4 Å². The summed E-state index contributed by atoms with van der Waals surface area (Å²) in [6.45, 7) is 1.84. The van der Waals surface area contributed by atoms with Crippen LogP contribution in [0.5, 0.6) is 0 Å². The lowest BCUT2D eigenvalue weighted by molar-refractivity contribution is -0.115. The minimum Gasteiger partial charge on any atom is -0.478 e. The standard InChI is InChI=1S/C26H24N4O5S2/c1-2-22(24(31)27-19-11-9-10-18(16-19)25(32)33)36-26-29-28-23(30(26)20-12-5-3-6-13-20)17-37(34,35)21-14-7-4-8-15-21/h3-16,22H,2,17H2,1H3,(H,27,31)(H,32,33). The number of aromatic carboxylic acids is 1. The molecule has 0 aliphatic rings. The number of nitrogens with one attached hydrogen (secondary N) is 1. The Balaban J connectivity index is 1.63. The van der Waals surface area contributed by atoms with Gasteiger partial charge in [0.2, 0.25) is 5.91 Å². The normalized spacial score (nSPS) is 12.1. The topological polar surface area (TPSA) is 131 Å². The largest absolute Gasteiger partial charge is 0.478 e. The second kappa shape index (κ2) is 11.4. The minimum atomic E-state index is -3.69. The molecule has 0 bridgehead atoms.